The van der Waals surface area contributed by atoms with Gasteiger partial charge in [-0.25, -0.2) is 23.2 Å². The molecule has 2 heterocycles. The Morgan fingerprint density at radius 2 is 1.62 bits per heavy atom. The van der Waals surface area contributed by atoms with Crippen molar-refractivity contribution in [2.75, 3.05) is 25.9 Å². The van der Waals surface area contributed by atoms with Gasteiger partial charge < -0.3 is 20.6 Å². The number of sulfone groups is 1. The largest absolute Gasteiger partial charge is 0.480 e. The zero-order valence-electron chi connectivity index (χ0n) is 27.2. The Morgan fingerprint density at radius 1 is 0.956 bits per heavy atom. The number of hydrogen-bond donors (Lipinski definition) is 3. The molecule has 2 aromatic heterocycles. The summed E-state index contributed by atoms with van der Waals surface area (Å²) in [5, 5.41) is 23.0. The molecule has 0 saturated heterocycles. The van der Waals surface area contributed by atoms with E-state index in [0.29, 0.717) is 37.1 Å². The minimum absolute atomic E-state index is 0.213. The first-order valence-corrected chi connectivity index (χ1v) is 17.7. The van der Waals surface area contributed by atoms with Crippen molar-refractivity contribution < 1.29 is 27.9 Å². The molecule has 0 saturated carbocycles. The molecule has 14 nitrogen and oxygen atoms in total. The third-order valence-electron chi connectivity index (χ3n) is 7.26. The topological polar surface area (TPSA) is 189 Å². The van der Waals surface area contributed by atoms with Crippen molar-refractivity contribution in [1.82, 2.24) is 40.5 Å². The predicted molar refractivity (Wildman–Crippen MR) is 170 cm³/mol. The minimum atomic E-state index is -3.49. The lowest BCUT2D eigenvalue weighted by Crippen LogP contribution is -2.53. The molecule has 0 aliphatic carbocycles. The van der Waals surface area contributed by atoms with E-state index in [0.717, 1.165) is 58.0 Å². The Bertz CT molecular complexity index is 1310. The van der Waals surface area contributed by atoms with Gasteiger partial charge in [-0.15, -0.1) is 5.10 Å². The lowest BCUT2D eigenvalue weighted by atomic mass is 10.0. The molecule has 2 aromatic rings. The maximum Gasteiger partial charge on any atom is 0.326 e. The van der Waals surface area contributed by atoms with Crippen LogP contribution in [0.5, 0.6) is 0 Å². The lowest BCUT2D eigenvalue weighted by Gasteiger charge is -2.24. The molecule has 0 aliphatic rings. The molecule has 0 fully saturated rings. The number of hydrogen-bond acceptors (Lipinski definition) is 10. The minimum Gasteiger partial charge on any atom is -0.480 e. The number of nitrogens with zero attached hydrogens (tertiary/aromatic N) is 6. The van der Waals surface area contributed by atoms with Crippen LogP contribution in [0.25, 0.3) is 11.3 Å². The molecule has 45 heavy (non-hydrogen) atoms. The van der Waals surface area contributed by atoms with E-state index in [1.807, 2.05) is 13.8 Å². The number of aromatic nitrogens is 5. The first kappa shape index (κ1) is 37.7. The normalized spacial score (nSPS) is 13.1. The van der Waals surface area contributed by atoms with Gasteiger partial charge in [0.25, 0.3) is 0 Å². The summed E-state index contributed by atoms with van der Waals surface area (Å²) in [6.07, 6.45) is 11.9. The highest BCUT2D eigenvalue weighted by Gasteiger charge is 2.28. The third-order valence-corrected chi connectivity index (χ3v) is 8.14. The van der Waals surface area contributed by atoms with Crippen LogP contribution >= 0.6 is 0 Å². The van der Waals surface area contributed by atoms with Gasteiger partial charge in [-0.2, -0.15) is 0 Å². The van der Waals surface area contributed by atoms with Crippen molar-refractivity contribution in [3.8, 4) is 11.3 Å². The summed E-state index contributed by atoms with van der Waals surface area (Å²) >= 11 is 0. The van der Waals surface area contributed by atoms with Crippen molar-refractivity contribution in [2.45, 2.75) is 109 Å². The summed E-state index contributed by atoms with van der Waals surface area (Å²) < 4.78 is 24.7. The Kier molecular flexibility index (Phi) is 16.0. The van der Waals surface area contributed by atoms with Crippen LogP contribution in [-0.4, -0.2) is 99.1 Å². The average molecular weight is 651 g/mol. The number of rotatable bonds is 22. The van der Waals surface area contributed by atoms with Crippen LogP contribution in [0.3, 0.4) is 0 Å². The number of amides is 2. The Balaban J connectivity index is 1.75. The number of aryl methyl sites for hydroxylation is 1. The van der Waals surface area contributed by atoms with Crippen LogP contribution in [0.15, 0.2) is 23.7 Å². The van der Waals surface area contributed by atoms with Crippen LogP contribution < -0.4 is 10.6 Å². The van der Waals surface area contributed by atoms with E-state index in [1.165, 1.54) is 12.4 Å². The van der Waals surface area contributed by atoms with Crippen molar-refractivity contribution in [3.63, 3.8) is 0 Å². The summed E-state index contributed by atoms with van der Waals surface area (Å²) in [5.74, 6) is -2.03. The van der Waals surface area contributed by atoms with Crippen LogP contribution in [0.2, 0.25) is 0 Å². The fraction of sp³-hybridized carbons (Fsp3) is 0.700. The number of carboxylic acids is 1. The summed E-state index contributed by atoms with van der Waals surface area (Å²) in [4.78, 5) is 47.6. The Morgan fingerprint density at radius 3 is 2.20 bits per heavy atom. The van der Waals surface area contributed by atoms with Crippen molar-refractivity contribution in [2.24, 2.45) is 5.92 Å². The van der Waals surface area contributed by atoms with Gasteiger partial charge in [-0.1, -0.05) is 39.3 Å². The SMILES string of the molecule is CCCN(CCC)CCCC[C@H](NC(=O)[C@@H](NC(=O)CCCCCn1cc(-c2cnc(S(C)(=O)=O)nc2)nn1)C(C)C)C(=O)O. The van der Waals surface area contributed by atoms with Crippen molar-refractivity contribution in [3.05, 3.63) is 18.6 Å². The molecule has 252 valence electrons. The lowest BCUT2D eigenvalue weighted by molar-refractivity contribution is -0.142. The fourth-order valence-corrected chi connectivity index (χ4v) is 5.36. The molecule has 2 rings (SSSR count). The quantitative estimate of drug-likeness (QED) is 0.125. The Hall–Kier alpha value is -3.46. The molecule has 0 bridgehead atoms. The molecule has 2 amide bonds. The summed E-state index contributed by atoms with van der Waals surface area (Å²) in [6, 6.07) is -1.83. The molecule has 3 N–H and O–H groups in total. The van der Waals surface area contributed by atoms with E-state index >= 15 is 0 Å². The molecular weight excluding hydrogens is 600 g/mol. The first-order chi connectivity index (χ1) is 21.3. The highest BCUT2D eigenvalue weighted by Crippen LogP contribution is 2.15. The van der Waals surface area contributed by atoms with E-state index in [4.69, 9.17) is 0 Å². The highest BCUT2D eigenvalue weighted by atomic mass is 32.2. The second-order valence-electron chi connectivity index (χ2n) is 11.7. The van der Waals surface area contributed by atoms with Gasteiger partial charge in [-0.3, -0.25) is 14.3 Å². The van der Waals surface area contributed by atoms with Gasteiger partial charge in [0.05, 0.1) is 6.20 Å². The van der Waals surface area contributed by atoms with Gasteiger partial charge >= 0.3 is 5.97 Å². The smallest absolute Gasteiger partial charge is 0.326 e. The number of carbonyl (C=O) groups excluding carboxylic acids is 2. The second-order valence-corrected chi connectivity index (χ2v) is 13.6. The fourth-order valence-electron chi connectivity index (χ4n) is 4.87. The number of carboxylic acid groups (broad SMARTS) is 1. The number of carbonyl (C=O) groups is 3. The molecule has 0 aliphatic heterocycles. The van der Waals surface area contributed by atoms with Gasteiger partial charge in [0, 0.05) is 37.2 Å². The highest BCUT2D eigenvalue weighted by molar-refractivity contribution is 7.90. The maximum absolute atomic E-state index is 13.0. The van der Waals surface area contributed by atoms with Gasteiger partial charge in [0.15, 0.2) is 0 Å². The monoisotopic (exact) mass is 650 g/mol. The van der Waals surface area contributed by atoms with E-state index in [9.17, 15) is 27.9 Å². The first-order valence-electron chi connectivity index (χ1n) is 15.8. The van der Waals surface area contributed by atoms with Gasteiger partial charge in [-0.05, 0) is 70.5 Å². The van der Waals surface area contributed by atoms with Crippen LogP contribution in [0.1, 0.15) is 85.5 Å². The molecular formula is C30H50N8O6S. The standard InChI is InChI=1S/C30H50N8O6S/c1-6-15-37(16-7-2)17-12-10-13-24(29(41)42)33-28(40)27(22(3)4)34-26(39)14-9-8-11-18-38-21-25(35-36-38)23-19-31-30(32-20-23)45(5,43)44/h19-22,24,27H,6-18H2,1-5H3,(H,33,40)(H,34,39)(H,41,42)/t24-,27-/m0/s1. The number of unbranched alkanes of at least 4 members (excludes halogenated alkanes) is 3. The van der Waals surface area contributed by atoms with E-state index in [1.54, 1.807) is 10.9 Å². The second kappa shape index (κ2) is 19.1. The van der Waals surface area contributed by atoms with Crippen LogP contribution in [-0.2, 0) is 30.8 Å². The van der Waals surface area contributed by atoms with Gasteiger partial charge in [0.1, 0.15) is 17.8 Å². The van der Waals surface area contributed by atoms with E-state index in [2.05, 4.69) is 49.7 Å². The van der Waals surface area contributed by atoms with Crippen molar-refractivity contribution >= 4 is 27.6 Å². The molecule has 0 aromatic carbocycles. The molecule has 0 spiro atoms. The summed E-state index contributed by atoms with van der Waals surface area (Å²) in [6.45, 7) is 11.4. The maximum atomic E-state index is 13.0. The van der Waals surface area contributed by atoms with E-state index < -0.39 is 33.8 Å². The predicted octanol–water partition coefficient (Wildman–Crippen LogP) is 2.70. The molecule has 0 unspecified atom stereocenters. The summed E-state index contributed by atoms with van der Waals surface area (Å²) in [5.41, 5.74) is 1.06. The molecule has 2 atom stereocenters. The van der Waals surface area contributed by atoms with Gasteiger partial charge in [0.2, 0.25) is 26.8 Å². The number of nitrogens with one attached hydrogen (secondary N) is 2. The Labute approximate surface area is 266 Å². The zero-order chi connectivity index (χ0) is 33.4. The third kappa shape index (κ3) is 13.6. The van der Waals surface area contributed by atoms with Crippen molar-refractivity contribution in [1.29, 1.82) is 0 Å². The summed E-state index contributed by atoms with van der Waals surface area (Å²) in [7, 11) is -3.49. The molecule has 15 heteroatoms. The average Bonchev–Trinajstić information content (AvgIpc) is 3.45. The zero-order valence-corrected chi connectivity index (χ0v) is 28.1. The van der Waals surface area contributed by atoms with Crippen LogP contribution in [0.4, 0.5) is 0 Å². The van der Waals surface area contributed by atoms with Crippen LogP contribution in [0, 0.1) is 5.92 Å². The molecule has 0 radical (unpaired) electrons. The number of aliphatic carboxylic acids is 1. The van der Waals surface area contributed by atoms with E-state index in [-0.39, 0.29) is 23.4 Å².